The molecular formula is C30H34N2O2. The number of rotatable bonds is 2. The first kappa shape index (κ1) is 22.6. The quantitative estimate of drug-likeness (QED) is 0.398. The average molecular weight is 455 g/mol. The van der Waals surface area contributed by atoms with Gasteiger partial charge >= 0.3 is 0 Å². The summed E-state index contributed by atoms with van der Waals surface area (Å²) in [6, 6.07) is 16.1. The Balaban J connectivity index is 1.72. The van der Waals surface area contributed by atoms with Crippen molar-refractivity contribution in [3.63, 3.8) is 0 Å². The van der Waals surface area contributed by atoms with Crippen LogP contribution in [0.3, 0.4) is 0 Å². The molecule has 34 heavy (non-hydrogen) atoms. The average Bonchev–Trinajstić information content (AvgIpc) is 3.30. The maximum atomic E-state index is 14.0. The molecule has 4 heteroatoms. The van der Waals surface area contributed by atoms with E-state index >= 15 is 0 Å². The van der Waals surface area contributed by atoms with E-state index in [1.807, 2.05) is 30.3 Å². The molecule has 2 aliphatic heterocycles. The third kappa shape index (κ3) is 3.51. The normalized spacial score (nSPS) is 16.6. The molecule has 0 spiro atoms. The van der Waals surface area contributed by atoms with Crippen molar-refractivity contribution in [2.75, 3.05) is 22.9 Å². The van der Waals surface area contributed by atoms with E-state index in [2.05, 4.69) is 64.6 Å². The minimum Gasteiger partial charge on any atom is -0.371 e. The summed E-state index contributed by atoms with van der Waals surface area (Å²) in [5, 5.41) is 1.79. The second kappa shape index (κ2) is 7.69. The second-order valence-electron chi connectivity index (χ2n) is 11.7. The predicted molar refractivity (Wildman–Crippen MR) is 140 cm³/mol. The van der Waals surface area contributed by atoms with E-state index in [9.17, 15) is 9.59 Å². The van der Waals surface area contributed by atoms with Crippen molar-refractivity contribution in [2.24, 2.45) is 0 Å². The first-order valence-corrected chi connectivity index (χ1v) is 12.3. The van der Waals surface area contributed by atoms with Crippen LogP contribution in [-0.2, 0) is 10.8 Å². The van der Waals surface area contributed by atoms with E-state index in [1.165, 1.54) is 17.7 Å². The number of carbonyl (C=O) groups is 2. The van der Waals surface area contributed by atoms with Crippen LogP contribution in [-0.4, -0.2) is 24.9 Å². The molecule has 0 saturated carbocycles. The molecule has 3 aromatic carbocycles. The lowest BCUT2D eigenvalue weighted by molar-refractivity contribution is 0.0893. The zero-order valence-electron chi connectivity index (χ0n) is 21.2. The largest absolute Gasteiger partial charge is 0.371 e. The number of anilines is 2. The van der Waals surface area contributed by atoms with Crippen molar-refractivity contribution in [3.8, 4) is 0 Å². The lowest BCUT2D eigenvalue weighted by Gasteiger charge is -2.34. The summed E-state index contributed by atoms with van der Waals surface area (Å²) in [6.45, 7) is 14.9. The summed E-state index contributed by atoms with van der Waals surface area (Å²) < 4.78 is 0. The van der Waals surface area contributed by atoms with Crippen molar-refractivity contribution in [2.45, 2.75) is 65.2 Å². The molecule has 0 unspecified atom stereocenters. The molecule has 0 N–H and O–H groups in total. The standard InChI is InChI=1S/C30H34N2O2/c1-29(2,3)19-12-14-23(30(4,5)6)25(18-19)32-27(33)21-11-9-10-20-24(31-16-7-8-17-31)15-13-22(26(20)21)28(32)34/h9-15,18H,7-8,16-17H2,1-6H3. The van der Waals surface area contributed by atoms with Crippen LogP contribution in [0.15, 0.2) is 48.5 Å². The number of hydrogen-bond acceptors (Lipinski definition) is 3. The minimum atomic E-state index is -0.238. The van der Waals surface area contributed by atoms with Crippen molar-refractivity contribution in [1.29, 1.82) is 0 Å². The molecule has 3 aromatic rings. The van der Waals surface area contributed by atoms with E-state index in [1.54, 1.807) is 0 Å². The lowest BCUT2D eigenvalue weighted by Crippen LogP contribution is -2.42. The van der Waals surface area contributed by atoms with Gasteiger partial charge in [0.2, 0.25) is 0 Å². The van der Waals surface area contributed by atoms with Gasteiger partial charge in [0.1, 0.15) is 0 Å². The number of nitrogens with zero attached hydrogens (tertiary/aromatic N) is 2. The van der Waals surface area contributed by atoms with Crippen LogP contribution < -0.4 is 9.80 Å². The highest BCUT2D eigenvalue weighted by Gasteiger charge is 2.37. The summed E-state index contributed by atoms with van der Waals surface area (Å²) in [4.78, 5) is 31.7. The first-order chi connectivity index (χ1) is 16.0. The fraction of sp³-hybridized carbons (Fsp3) is 0.400. The van der Waals surface area contributed by atoms with Crippen LogP contribution in [0.4, 0.5) is 11.4 Å². The molecule has 0 radical (unpaired) electrons. The molecule has 1 saturated heterocycles. The van der Waals surface area contributed by atoms with Crippen LogP contribution in [0.5, 0.6) is 0 Å². The van der Waals surface area contributed by atoms with Gasteiger partial charge in [0.15, 0.2) is 0 Å². The molecule has 0 aromatic heterocycles. The van der Waals surface area contributed by atoms with Gasteiger partial charge < -0.3 is 4.90 Å². The summed E-state index contributed by atoms with van der Waals surface area (Å²) in [5.41, 5.74) is 4.80. The third-order valence-electron chi connectivity index (χ3n) is 7.24. The number of imide groups is 1. The number of hydrogen-bond donors (Lipinski definition) is 0. The second-order valence-corrected chi connectivity index (χ2v) is 11.7. The SMILES string of the molecule is CC(C)(C)c1ccc(C(C)(C)C)c(N2C(=O)c3cccc4c(N5CCCC5)ccc(c34)C2=O)c1. The molecular weight excluding hydrogens is 420 g/mol. The van der Waals surface area contributed by atoms with Crippen LogP contribution >= 0.6 is 0 Å². The van der Waals surface area contributed by atoms with Crippen LogP contribution in [0, 0.1) is 0 Å². The Morgan fingerprint density at radius 3 is 1.97 bits per heavy atom. The molecule has 1 fully saturated rings. The predicted octanol–water partition coefficient (Wildman–Crippen LogP) is 6.84. The monoisotopic (exact) mass is 454 g/mol. The van der Waals surface area contributed by atoms with Crippen LogP contribution in [0.1, 0.15) is 86.2 Å². The van der Waals surface area contributed by atoms with Gasteiger partial charge in [0.05, 0.1) is 5.69 Å². The van der Waals surface area contributed by atoms with E-state index in [0.717, 1.165) is 40.7 Å². The Labute approximate surface area is 202 Å². The van der Waals surface area contributed by atoms with Crippen molar-refractivity contribution >= 4 is 34.0 Å². The molecule has 2 aliphatic rings. The van der Waals surface area contributed by atoms with E-state index in [-0.39, 0.29) is 22.6 Å². The highest BCUT2D eigenvalue weighted by Crippen LogP contribution is 2.42. The van der Waals surface area contributed by atoms with Crippen LogP contribution in [0.25, 0.3) is 10.8 Å². The summed E-state index contributed by atoms with van der Waals surface area (Å²) in [7, 11) is 0. The van der Waals surface area contributed by atoms with Gasteiger partial charge in [-0.3, -0.25) is 9.59 Å². The maximum absolute atomic E-state index is 14.0. The van der Waals surface area contributed by atoms with Crippen molar-refractivity contribution < 1.29 is 9.59 Å². The Kier molecular flexibility index (Phi) is 5.12. The first-order valence-electron chi connectivity index (χ1n) is 12.3. The smallest absolute Gasteiger partial charge is 0.265 e. The van der Waals surface area contributed by atoms with E-state index < -0.39 is 0 Å². The molecule has 2 heterocycles. The highest BCUT2D eigenvalue weighted by molar-refractivity contribution is 6.36. The van der Waals surface area contributed by atoms with Crippen molar-refractivity contribution in [3.05, 3.63) is 70.8 Å². The Hall–Kier alpha value is -3.14. The summed E-state index contributed by atoms with van der Waals surface area (Å²) in [5.74, 6) is -0.475. The van der Waals surface area contributed by atoms with Gasteiger partial charge in [-0.25, -0.2) is 4.90 Å². The van der Waals surface area contributed by atoms with Gasteiger partial charge in [-0.1, -0.05) is 65.8 Å². The topological polar surface area (TPSA) is 40.6 Å². The zero-order valence-corrected chi connectivity index (χ0v) is 21.2. The molecule has 0 bridgehead atoms. The fourth-order valence-corrected chi connectivity index (χ4v) is 5.35. The molecule has 0 atom stereocenters. The molecule has 4 nitrogen and oxygen atoms in total. The van der Waals surface area contributed by atoms with E-state index in [0.29, 0.717) is 16.8 Å². The zero-order chi connectivity index (χ0) is 24.4. The Bertz CT molecular complexity index is 1300. The third-order valence-corrected chi connectivity index (χ3v) is 7.24. The molecule has 0 aliphatic carbocycles. The Morgan fingerprint density at radius 1 is 0.706 bits per heavy atom. The summed E-state index contributed by atoms with van der Waals surface area (Å²) >= 11 is 0. The minimum absolute atomic E-state index is 0.102. The molecule has 2 amide bonds. The van der Waals surface area contributed by atoms with Gasteiger partial charge in [-0.05, 0) is 59.1 Å². The number of carbonyl (C=O) groups excluding carboxylic acids is 2. The molecule has 176 valence electrons. The van der Waals surface area contributed by atoms with Gasteiger partial charge in [-0.2, -0.15) is 0 Å². The summed E-state index contributed by atoms with van der Waals surface area (Å²) in [6.07, 6.45) is 2.35. The number of benzene rings is 3. The lowest BCUT2D eigenvalue weighted by atomic mass is 9.80. The fourth-order valence-electron chi connectivity index (χ4n) is 5.35. The highest BCUT2D eigenvalue weighted by atomic mass is 16.2. The maximum Gasteiger partial charge on any atom is 0.265 e. The molecule has 5 rings (SSSR count). The van der Waals surface area contributed by atoms with Gasteiger partial charge in [-0.15, -0.1) is 0 Å². The van der Waals surface area contributed by atoms with Crippen molar-refractivity contribution in [1.82, 2.24) is 0 Å². The van der Waals surface area contributed by atoms with E-state index in [4.69, 9.17) is 0 Å². The Morgan fingerprint density at radius 2 is 1.35 bits per heavy atom. The van der Waals surface area contributed by atoms with Gasteiger partial charge in [0, 0.05) is 40.7 Å². The van der Waals surface area contributed by atoms with Crippen LogP contribution in [0.2, 0.25) is 0 Å². The number of amides is 2. The van der Waals surface area contributed by atoms with Gasteiger partial charge in [0.25, 0.3) is 11.8 Å².